The first-order chi connectivity index (χ1) is 8.49. The molecule has 1 aliphatic heterocycles. The molecule has 1 aromatic rings. The van der Waals surface area contributed by atoms with Gasteiger partial charge < -0.3 is 0 Å². The number of thiocarbonyl (C=S) groups is 1. The van der Waals surface area contributed by atoms with Crippen molar-refractivity contribution in [1.82, 2.24) is 4.90 Å². The van der Waals surface area contributed by atoms with E-state index in [1.165, 1.54) is 11.8 Å². The zero-order valence-corrected chi connectivity index (χ0v) is 12.4. The standard InChI is InChI=1S/C13H12ClNOS2/c1-8(2)15-12(16)11(18-13(15)17)7-9-3-5-10(14)6-4-9/h3-8H,1-2H3. The lowest BCUT2D eigenvalue weighted by atomic mass is 10.2. The van der Waals surface area contributed by atoms with Crippen LogP contribution in [0.5, 0.6) is 0 Å². The molecule has 18 heavy (non-hydrogen) atoms. The third-order valence-electron chi connectivity index (χ3n) is 2.51. The predicted molar refractivity (Wildman–Crippen MR) is 81.6 cm³/mol. The van der Waals surface area contributed by atoms with Crippen molar-refractivity contribution >= 4 is 51.9 Å². The van der Waals surface area contributed by atoms with Crippen molar-refractivity contribution in [2.45, 2.75) is 19.9 Å². The van der Waals surface area contributed by atoms with Gasteiger partial charge in [0, 0.05) is 11.1 Å². The van der Waals surface area contributed by atoms with Gasteiger partial charge in [0.1, 0.15) is 4.32 Å². The van der Waals surface area contributed by atoms with Crippen LogP contribution in [0.4, 0.5) is 0 Å². The zero-order chi connectivity index (χ0) is 13.3. The van der Waals surface area contributed by atoms with Gasteiger partial charge in [-0.3, -0.25) is 9.69 Å². The first-order valence-electron chi connectivity index (χ1n) is 5.51. The van der Waals surface area contributed by atoms with Crippen LogP contribution < -0.4 is 0 Å². The number of carbonyl (C=O) groups is 1. The lowest BCUT2D eigenvalue weighted by molar-refractivity contribution is -0.123. The van der Waals surface area contributed by atoms with E-state index in [9.17, 15) is 4.79 Å². The number of hydrogen-bond donors (Lipinski definition) is 0. The van der Waals surface area contributed by atoms with Gasteiger partial charge in [-0.05, 0) is 37.6 Å². The van der Waals surface area contributed by atoms with Crippen molar-refractivity contribution in [2.24, 2.45) is 0 Å². The van der Waals surface area contributed by atoms with E-state index in [1.807, 2.05) is 32.1 Å². The molecule has 0 aromatic heterocycles. The Labute approximate surface area is 121 Å². The van der Waals surface area contributed by atoms with E-state index >= 15 is 0 Å². The summed E-state index contributed by atoms with van der Waals surface area (Å²) in [6.45, 7) is 3.91. The molecule has 2 nitrogen and oxygen atoms in total. The zero-order valence-electron chi connectivity index (χ0n) is 10.0. The Morgan fingerprint density at radius 3 is 2.44 bits per heavy atom. The number of amides is 1. The Balaban J connectivity index is 2.28. The van der Waals surface area contributed by atoms with Crippen LogP contribution in [-0.2, 0) is 4.79 Å². The van der Waals surface area contributed by atoms with Gasteiger partial charge in [-0.2, -0.15) is 0 Å². The molecular weight excluding hydrogens is 286 g/mol. The Morgan fingerprint density at radius 1 is 1.33 bits per heavy atom. The second kappa shape index (κ2) is 5.43. The maximum Gasteiger partial charge on any atom is 0.266 e. The smallest absolute Gasteiger partial charge is 0.266 e. The molecule has 5 heteroatoms. The molecule has 1 aromatic carbocycles. The normalized spacial score (nSPS) is 18.2. The Bertz CT molecular complexity index is 522. The summed E-state index contributed by atoms with van der Waals surface area (Å²) in [5.74, 6) is -0.0186. The van der Waals surface area contributed by atoms with Gasteiger partial charge in [0.15, 0.2) is 0 Å². The molecule has 0 radical (unpaired) electrons. The minimum Gasteiger partial charge on any atom is -0.290 e. The van der Waals surface area contributed by atoms with Crippen molar-refractivity contribution in [1.29, 1.82) is 0 Å². The molecule has 94 valence electrons. The lowest BCUT2D eigenvalue weighted by Gasteiger charge is -2.18. The third kappa shape index (κ3) is 2.76. The highest BCUT2D eigenvalue weighted by Crippen LogP contribution is 2.33. The van der Waals surface area contributed by atoms with Gasteiger partial charge in [-0.1, -0.05) is 47.7 Å². The monoisotopic (exact) mass is 297 g/mol. The van der Waals surface area contributed by atoms with Crippen molar-refractivity contribution in [3.63, 3.8) is 0 Å². The molecule has 1 aliphatic rings. The fourth-order valence-corrected chi connectivity index (χ4v) is 3.29. The van der Waals surface area contributed by atoms with Gasteiger partial charge in [0.2, 0.25) is 0 Å². The highest BCUT2D eigenvalue weighted by atomic mass is 35.5. The van der Waals surface area contributed by atoms with Gasteiger partial charge in [-0.25, -0.2) is 0 Å². The highest BCUT2D eigenvalue weighted by molar-refractivity contribution is 8.26. The number of benzene rings is 1. The summed E-state index contributed by atoms with van der Waals surface area (Å²) in [7, 11) is 0. The van der Waals surface area contributed by atoms with Gasteiger partial charge in [0.25, 0.3) is 5.91 Å². The fraction of sp³-hybridized carbons (Fsp3) is 0.231. The van der Waals surface area contributed by atoms with E-state index in [1.54, 1.807) is 17.0 Å². The minimum atomic E-state index is -0.0186. The summed E-state index contributed by atoms with van der Waals surface area (Å²) in [5, 5.41) is 0.682. The van der Waals surface area contributed by atoms with Crippen LogP contribution in [0.3, 0.4) is 0 Å². The first kappa shape index (κ1) is 13.6. The maximum absolute atomic E-state index is 12.2. The van der Waals surface area contributed by atoms with Crippen LogP contribution in [0.15, 0.2) is 29.2 Å². The Hall–Kier alpha value is -0.840. The fourth-order valence-electron chi connectivity index (χ4n) is 1.64. The van der Waals surface area contributed by atoms with Crippen molar-refractivity contribution in [2.75, 3.05) is 0 Å². The molecule has 1 amide bonds. The minimum absolute atomic E-state index is 0.0186. The molecule has 0 aliphatic carbocycles. The summed E-state index contributed by atoms with van der Waals surface area (Å²) < 4.78 is 0.621. The van der Waals surface area contributed by atoms with Crippen LogP contribution in [-0.4, -0.2) is 21.2 Å². The van der Waals surface area contributed by atoms with E-state index in [-0.39, 0.29) is 11.9 Å². The first-order valence-corrected chi connectivity index (χ1v) is 7.12. The molecule has 1 saturated heterocycles. The molecule has 0 atom stereocenters. The number of carbonyl (C=O) groups excluding carboxylic acids is 1. The van der Waals surface area contributed by atoms with E-state index in [2.05, 4.69) is 0 Å². The molecule has 0 spiro atoms. The van der Waals surface area contributed by atoms with E-state index in [0.717, 1.165) is 5.56 Å². The lowest BCUT2D eigenvalue weighted by Crippen LogP contribution is -2.34. The topological polar surface area (TPSA) is 20.3 Å². The molecule has 1 fully saturated rings. The van der Waals surface area contributed by atoms with Crippen molar-refractivity contribution in [3.8, 4) is 0 Å². The summed E-state index contributed by atoms with van der Waals surface area (Å²) in [5.41, 5.74) is 0.948. The quantitative estimate of drug-likeness (QED) is 0.609. The summed E-state index contributed by atoms with van der Waals surface area (Å²) in [6, 6.07) is 7.45. The SMILES string of the molecule is CC(C)N1C(=O)C(=Cc2ccc(Cl)cc2)SC1=S. The third-order valence-corrected chi connectivity index (χ3v) is 4.09. The Kier molecular flexibility index (Phi) is 4.10. The van der Waals surface area contributed by atoms with Crippen molar-refractivity contribution < 1.29 is 4.79 Å². The number of nitrogens with zero attached hydrogens (tertiary/aromatic N) is 1. The van der Waals surface area contributed by atoms with E-state index in [0.29, 0.717) is 14.2 Å². The molecule has 0 unspecified atom stereocenters. The van der Waals surface area contributed by atoms with E-state index in [4.69, 9.17) is 23.8 Å². The molecular formula is C13H12ClNOS2. The van der Waals surface area contributed by atoms with Crippen LogP contribution >= 0.6 is 35.6 Å². The van der Waals surface area contributed by atoms with E-state index < -0.39 is 0 Å². The van der Waals surface area contributed by atoms with Crippen LogP contribution in [0.2, 0.25) is 5.02 Å². The van der Waals surface area contributed by atoms with Crippen LogP contribution in [0.25, 0.3) is 6.08 Å². The number of hydrogen-bond acceptors (Lipinski definition) is 3. The number of halogens is 1. The van der Waals surface area contributed by atoms with Crippen LogP contribution in [0, 0.1) is 0 Å². The maximum atomic E-state index is 12.2. The van der Waals surface area contributed by atoms with Gasteiger partial charge in [0.05, 0.1) is 4.91 Å². The largest absolute Gasteiger partial charge is 0.290 e. The molecule has 0 N–H and O–H groups in total. The Morgan fingerprint density at radius 2 is 1.94 bits per heavy atom. The van der Waals surface area contributed by atoms with Crippen molar-refractivity contribution in [3.05, 3.63) is 39.8 Å². The van der Waals surface area contributed by atoms with Crippen LogP contribution in [0.1, 0.15) is 19.4 Å². The average molecular weight is 298 g/mol. The number of rotatable bonds is 2. The summed E-state index contributed by atoms with van der Waals surface area (Å²) >= 11 is 12.4. The highest BCUT2D eigenvalue weighted by Gasteiger charge is 2.33. The van der Waals surface area contributed by atoms with Gasteiger partial charge in [-0.15, -0.1) is 0 Å². The molecule has 0 bridgehead atoms. The number of thioether (sulfide) groups is 1. The summed E-state index contributed by atoms with van der Waals surface area (Å²) in [4.78, 5) is 14.5. The second-order valence-corrected chi connectivity index (χ2v) is 6.31. The average Bonchev–Trinajstić information content (AvgIpc) is 2.57. The molecule has 0 saturated carbocycles. The molecule has 2 rings (SSSR count). The van der Waals surface area contributed by atoms with Gasteiger partial charge >= 0.3 is 0 Å². The summed E-state index contributed by atoms with van der Waals surface area (Å²) in [6.07, 6.45) is 1.85. The predicted octanol–water partition coefficient (Wildman–Crippen LogP) is 3.95. The molecule has 1 heterocycles. The second-order valence-electron chi connectivity index (χ2n) is 4.20.